The summed E-state index contributed by atoms with van der Waals surface area (Å²) in [5, 5.41) is 5.34. The van der Waals surface area contributed by atoms with Gasteiger partial charge in [-0.15, -0.1) is 0 Å². The van der Waals surface area contributed by atoms with Gasteiger partial charge >= 0.3 is 0 Å². The summed E-state index contributed by atoms with van der Waals surface area (Å²) in [5.74, 6) is 1.87. The molecule has 1 aliphatic heterocycles. The van der Waals surface area contributed by atoms with Gasteiger partial charge in [0, 0.05) is 26.9 Å². The largest absolute Gasteiger partial charge is 0.455 e. The quantitative estimate of drug-likeness (QED) is 0.200. The maximum Gasteiger partial charge on any atom is 0.140 e. The predicted molar refractivity (Wildman–Crippen MR) is 169 cm³/mol. The Bertz CT molecular complexity index is 2110. The molecule has 0 saturated carbocycles. The fourth-order valence-electron chi connectivity index (χ4n) is 7.23. The van der Waals surface area contributed by atoms with Crippen molar-refractivity contribution in [1.82, 2.24) is 0 Å². The molecule has 2 heteroatoms. The van der Waals surface area contributed by atoms with E-state index in [0.29, 0.717) is 0 Å². The molecule has 41 heavy (non-hydrogen) atoms. The lowest BCUT2D eigenvalue weighted by Gasteiger charge is -2.40. The molecule has 0 atom stereocenters. The molecule has 1 nitrogen and oxygen atoms in total. The highest BCUT2D eigenvalue weighted by Crippen LogP contribution is 2.64. The fraction of sp³-hybridized carbons (Fsp3) is 0.0256. The van der Waals surface area contributed by atoms with E-state index in [1.54, 1.807) is 0 Å². The lowest BCUT2D eigenvalue weighted by molar-refractivity contribution is 0.447. The molecule has 0 fully saturated rings. The molecule has 7 aromatic carbocycles. The van der Waals surface area contributed by atoms with Crippen LogP contribution in [0.3, 0.4) is 0 Å². The molecular formula is C39H23ClO. The van der Waals surface area contributed by atoms with Gasteiger partial charge in [-0.1, -0.05) is 133 Å². The zero-order chi connectivity index (χ0) is 27.1. The van der Waals surface area contributed by atoms with Crippen LogP contribution in [0.4, 0.5) is 0 Å². The van der Waals surface area contributed by atoms with Gasteiger partial charge in [0.2, 0.25) is 0 Å². The van der Waals surface area contributed by atoms with E-state index in [0.717, 1.165) is 32.9 Å². The van der Waals surface area contributed by atoms with E-state index in [2.05, 4.69) is 127 Å². The summed E-state index contributed by atoms with van der Waals surface area (Å²) in [6, 6.07) is 50.1. The van der Waals surface area contributed by atoms with Crippen LogP contribution < -0.4 is 4.74 Å². The minimum absolute atomic E-state index is 0.536. The minimum Gasteiger partial charge on any atom is -0.455 e. The van der Waals surface area contributed by atoms with Crippen LogP contribution in [0.1, 0.15) is 22.3 Å². The number of rotatable bonds is 1. The lowest BCUT2D eigenvalue weighted by atomic mass is 9.65. The van der Waals surface area contributed by atoms with Gasteiger partial charge in [-0.25, -0.2) is 0 Å². The summed E-state index contributed by atoms with van der Waals surface area (Å²) in [7, 11) is 0. The highest BCUT2D eigenvalue weighted by atomic mass is 35.5. The first-order chi connectivity index (χ1) is 20.2. The Morgan fingerprint density at radius 1 is 0.439 bits per heavy atom. The van der Waals surface area contributed by atoms with Crippen molar-refractivity contribution in [3.63, 3.8) is 0 Å². The lowest BCUT2D eigenvalue weighted by Crippen LogP contribution is -2.32. The molecule has 0 unspecified atom stereocenters. The van der Waals surface area contributed by atoms with Crippen molar-refractivity contribution in [2.45, 2.75) is 5.41 Å². The number of fused-ring (bicyclic) bond motifs is 13. The highest BCUT2D eigenvalue weighted by molar-refractivity contribution is 6.30. The molecule has 192 valence electrons. The first-order valence-corrected chi connectivity index (χ1v) is 14.3. The Morgan fingerprint density at radius 3 is 1.68 bits per heavy atom. The third-order valence-electron chi connectivity index (χ3n) is 8.99. The molecule has 0 amide bonds. The molecule has 0 N–H and O–H groups in total. The molecule has 0 radical (unpaired) electrons. The van der Waals surface area contributed by atoms with Gasteiger partial charge in [0.15, 0.2) is 0 Å². The number of halogens is 1. The van der Waals surface area contributed by atoms with E-state index in [9.17, 15) is 0 Å². The monoisotopic (exact) mass is 542 g/mol. The fourth-order valence-corrected chi connectivity index (χ4v) is 7.35. The first kappa shape index (κ1) is 22.9. The molecule has 0 saturated heterocycles. The van der Waals surface area contributed by atoms with Crippen LogP contribution in [0.5, 0.6) is 11.5 Å². The van der Waals surface area contributed by atoms with E-state index in [-0.39, 0.29) is 0 Å². The van der Waals surface area contributed by atoms with E-state index >= 15 is 0 Å². The second kappa shape index (κ2) is 8.33. The van der Waals surface area contributed by atoms with Gasteiger partial charge in [0.1, 0.15) is 11.5 Å². The number of hydrogen-bond acceptors (Lipinski definition) is 1. The standard InChI is InChI=1S/C39H23ClO/c40-28-18-13-24(14-19-28)27-15-20-32-31-11-5-6-12-33(31)39(36(32)23-27)34-21-16-25-7-1-3-9-29(25)37(34)41-38-30-10-4-2-8-26(30)17-22-35(38)39/h1-23H. The molecule has 1 heterocycles. The van der Waals surface area contributed by atoms with Crippen molar-refractivity contribution in [3.8, 4) is 33.8 Å². The summed E-state index contributed by atoms with van der Waals surface area (Å²) < 4.78 is 7.03. The second-order valence-electron chi connectivity index (χ2n) is 11.0. The molecule has 7 aromatic rings. The number of benzene rings is 7. The normalized spacial score (nSPS) is 13.9. The van der Waals surface area contributed by atoms with Crippen molar-refractivity contribution in [3.05, 3.63) is 167 Å². The zero-order valence-electron chi connectivity index (χ0n) is 22.1. The van der Waals surface area contributed by atoms with E-state index < -0.39 is 5.41 Å². The Hall–Kier alpha value is -4.85. The van der Waals surface area contributed by atoms with Crippen LogP contribution in [0.15, 0.2) is 140 Å². The summed E-state index contributed by atoms with van der Waals surface area (Å²) in [6.45, 7) is 0. The number of hydrogen-bond donors (Lipinski definition) is 0. The van der Waals surface area contributed by atoms with Crippen molar-refractivity contribution in [2.24, 2.45) is 0 Å². The first-order valence-electron chi connectivity index (χ1n) is 14.0. The Balaban J connectivity index is 1.47. The summed E-state index contributed by atoms with van der Waals surface area (Å²) in [4.78, 5) is 0. The average molecular weight is 543 g/mol. The Labute approximate surface area is 243 Å². The molecule has 0 aromatic heterocycles. The third-order valence-corrected chi connectivity index (χ3v) is 9.25. The SMILES string of the molecule is Clc1ccc(-c2ccc3c(c2)C2(c4ccccc4-3)c3ccc4ccccc4c3Oc3c2ccc2ccccc32)cc1. The molecule has 9 rings (SSSR count). The Morgan fingerprint density at radius 2 is 1.00 bits per heavy atom. The van der Waals surface area contributed by atoms with Gasteiger partial charge in [-0.2, -0.15) is 0 Å². The van der Waals surface area contributed by atoms with Gasteiger partial charge < -0.3 is 4.74 Å². The molecule has 1 aliphatic carbocycles. The second-order valence-corrected chi connectivity index (χ2v) is 11.4. The van der Waals surface area contributed by atoms with Gasteiger partial charge in [0.05, 0.1) is 5.41 Å². The van der Waals surface area contributed by atoms with Crippen molar-refractivity contribution < 1.29 is 4.74 Å². The summed E-state index contributed by atoms with van der Waals surface area (Å²) in [6.07, 6.45) is 0. The topological polar surface area (TPSA) is 9.23 Å². The van der Waals surface area contributed by atoms with E-state index in [1.165, 1.54) is 49.7 Å². The number of ether oxygens (including phenoxy) is 1. The van der Waals surface area contributed by atoms with Crippen LogP contribution in [-0.2, 0) is 5.41 Å². The molecule has 0 bridgehead atoms. The van der Waals surface area contributed by atoms with Crippen LogP contribution in [0, 0.1) is 0 Å². The summed E-state index contributed by atoms with van der Waals surface area (Å²) >= 11 is 6.26. The average Bonchev–Trinajstić information content (AvgIpc) is 3.31. The molecule has 2 aliphatic rings. The minimum atomic E-state index is -0.536. The van der Waals surface area contributed by atoms with Crippen LogP contribution >= 0.6 is 11.6 Å². The van der Waals surface area contributed by atoms with Crippen molar-refractivity contribution in [2.75, 3.05) is 0 Å². The predicted octanol–water partition coefficient (Wildman–Crippen LogP) is 10.8. The molecular weight excluding hydrogens is 520 g/mol. The van der Waals surface area contributed by atoms with E-state index in [1.807, 2.05) is 12.1 Å². The zero-order valence-corrected chi connectivity index (χ0v) is 22.8. The van der Waals surface area contributed by atoms with Crippen LogP contribution in [0.2, 0.25) is 5.02 Å². The maximum absolute atomic E-state index is 7.03. The van der Waals surface area contributed by atoms with Gasteiger partial charge in [-0.05, 0) is 62.4 Å². The van der Waals surface area contributed by atoms with Gasteiger partial charge in [0.25, 0.3) is 0 Å². The summed E-state index contributed by atoms with van der Waals surface area (Å²) in [5.41, 5.74) is 9.24. The van der Waals surface area contributed by atoms with Crippen molar-refractivity contribution in [1.29, 1.82) is 0 Å². The van der Waals surface area contributed by atoms with Crippen molar-refractivity contribution >= 4 is 33.1 Å². The third kappa shape index (κ3) is 3.02. The maximum atomic E-state index is 7.03. The molecule has 1 spiro atoms. The smallest absolute Gasteiger partial charge is 0.140 e. The van der Waals surface area contributed by atoms with E-state index in [4.69, 9.17) is 16.3 Å². The van der Waals surface area contributed by atoms with Crippen LogP contribution in [0.25, 0.3) is 43.8 Å². The van der Waals surface area contributed by atoms with Gasteiger partial charge in [-0.3, -0.25) is 0 Å². The van der Waals surface area contributed by atoms with Crippen LogP contribution in [-0.4, -0.2) is 0 Å². The Kier molecular flexibility index (Phi) is 4.66. The highest BCUT2D eigenvalue weighted by Gasteiger charge is 2.51.